The summed E-state index contributed by atoms with van der Waals surface area (Å²) in [6, 6.07) is 6.18. The first-order chi connectivity index (χ1) is 18.5. The van der Waals surface area contributed by atoms with Gasteiger partial charge in [-0.2, -0.15) is 4.98 Å². The predicted molar refractivity (Wildman–Crippen MR) is 139 cm³/mol. The maximum absolute atomic E-state index is 13.2. The first kappa shape index (κ1) is 26.1. The maximum Gasteiger partial charge on any atom is 0.362 e. The van der Waals surface area contributed by atoms with E-state index >= 15 is 0 Å². The van der Waals surface area contributed by atoms with Crippen molar-refractivity contribution in [1.82, 2.24) is 14.9 Å². The Kier molecular flexibility index (Phi) is 8.20. The highest BCUT2D eigenvalue weighted by Gasteiger charge is 2.28. The minimum atomic E-state index is -0.644. The molecule has 1 aromatic heterocycles. The van der Waals surface area contributed by atoms with Crippen LogP contribution in [0, 0.1) is 0 Å². The van der Waals surface area contributed by atoms with Crippen molar-refractivity contribution in [2.24, 2.45) is 5.73 Å². The van der Waals surface area contributed by atoms with E-state index in [1.165, 1.54) is 11.0 Å². The number of nitrogens with two attached hydrogens (primary N) is 1. The third kappa shape index (κ3) is 6.14. The van der Waals surface area contributed by atoms with Crippen molar-refractivity contribution in [1.29, 1.82) is 0 Å². The monoisotopic (exact) mass is 526 g/mol. The van der Waals surface area contributed by atoms with Gasteiger partial charge in [-0.25, -0.2) is 14.6 Å². The second-order valence-corrected chi connectivity index (χ2v) is 9.57. The average Bonchev–Trinajstić information content (AvgIpc) is 2.93. The molecule has 2 fully saturated rings. The van der Waals surface area contributed by atoms with Gasteiger partial charge in [-0.3, -0.25) is 9.80 Å². The lowest BCUT2D eigenvalue weighted by atomic mass is 9.97. The van der Waals surface area contributed by atoms with Gasteiger partial charge in [0, 0.05) is 50.9 Å². The van der Waals surface area contributed by atoms with E-state index in [-0.39, 0.29) is 11.7 Å². The highest BCUT2D eigenvalue weighted by molar-refractivity contribution is 5.94. The van der Waals surface area contributed by atoms with E-state index in [9.17, 15) is 9.59 Å². The van der Waals surface area contributed by atoms with Crippen LogP contribution >= 0.6 is 0 Å². The Morgan fingerprint density at radius 3 is 2.53 bits per heavy atom. The number of hydrogen-bond donors (Lipinski definition) is 1. The van der Waals surface area contributed by atoms with Gasteiger partial charge in [-0.05, 0) is 31.4 Å². The lowest BCUT2D eigenvalue weighted by Gasteiger charge is -2.34. The van der Waals surface area contributed by atoms with Crippen LogP contribution in [0.25, 0.3) is 0 Å². The number of amides is 2. The van der Waals surface area contributed by atoms with E-state index < -0.39 is 12.0 Å². The van der Waals surface area contributed by atoms with E-state index in [0.29, 0.717) is 69.4 Å². The number of fused-ring (bicyclic) bond motifs is 1. The predicted octanol–water partition coefficient (Wildman–Crippen LogP) is 1.46. The quantitative estimate of drug-likeness (QED) is 0.418. The highest BCUT2D eigenvalue weighted by atomic mass is 16.5. The molecule has 12 nitrogen and oxygen atoms in total. The molecule has 5 rings (SSSR count). The molecule has 0 radical (unpaired) electrons. The first-order valence-electron chi connectivity index (χ1n) is 13.1. The SMILES string of the molecule is CC1CCc2ccc(OC(=O)c3cc(OCCN4CCOCC4)nc(N4CCOCC4)n3)cc2N1C(N)=O. The molecule has 2 amide bonds. The normalized spacial score (nSPS) is 20.1. The number of urea groups is 1. The molecule has 4 heterocycles. The zero-order valence-corrected chi connectivity index (χ0v) is 21.6. The largest absolute Gasteiger partial charge is 0.476 e. The molecule has 2 aromatic rings. The minimum Gasteiger partial charge on any atom is -0.476 e. The van der Waals surface area contributed by atoms with Crippen molar-refractivity contribution in [3.05, 3.63) is 35.5 Å². The molecular formula is C26H34N6O6. The third-order valence-corrected chi connectivity index (χ3v) is 6.99. The van der Waals surface area contributed by atoms with Gasteiger partial charge in [-0.15, -0.1) is 0 Å². The van der Waals surface area contributed by atoms with Crippen LogP contribution in [0.3, 0.4) is 0 Å². The second-order valence-electron chi connectivity index (χ2n) is 9.57. The van der Waals surface area contributed by atoms with Crippen molar-refractivity contribution in [3.8, 4) is 11.6 Å². The van der Waals surface area contributed by atoms with Crippen LogP contribution in [0.4, 0.5) is 16.4 Å². The third-order valence-electron chi connectivity index (χ3n) is 6.99. The van der Waals surface area contributed by atoms with Crippen molar-refractivity contribution < 1.29 is 28.5 Å². The molecular weight excluding hydrogens is 492 g/mol. The molecule has 2 saturated heterocycles. The number of aryl methyl sites for hydroxylation is 1. The van der Waals surface area contributed by atoms with Crippen LogP contribution in [0.5, 0.6) is 11.6 Å². The number of nitrogens with zero attached hydrogens (tertiary/aromatic N) is 5. The van der Waals surface area contributed by atoms with Gasteiger partial charge in [0.25, 0.3) is 0 Å². The number of esters is 1. The molecule has 1 atom stereocenters. The number of ether oxygens (including phenoxy) is 4. The maximum atomic E-state index is 13.2. The number of aromatic nitrogens is 2. The fraction of sp³-hybridized carbons (Fsp3) is 0.538. The summed E-state index contributed by atoms with van der Waals surface area (Å²) in [6.45, 7) is 8.55. The van der Waals surface area contributed by atoms with Crippen molar-refractivity contribution in [3.63, 3.8) is 0 Å². The minimum absolute atomic E-state index is 0.0407. The average molecular weight is 527 g/mol. The summed E-state index contributed by atoms with van der Waals surface area (Å²) >= 11 is 0. The van der Waals surface area contributed by atoms with Crippen LogP contribution in [0.1, 0.15) is 29.4 Å². The second kappa shape index (κ2) is 11.9. The van der Waals surface area contributed by atoms with E-state index in [1.54, 1.807) is 12.1 Å². The van der Waals surface area contributed by atoms with Crippen LogP contribution < -0.4 is 25.0 Å². The van der Waals surface area contributed by atoms with E-state index in [4.69, 9.17) is 24.7 Å². The number of primary amides is 1. The van der Waals surface area contributed by atoms with Crippen LogP contribution in [-0.2, 0) is 15.9 Å². The summed E-state index contributed by atoms with van der Waals surface area (Å²) < 4.78 is 22.5. The first-order valence-corrected chi connectivity index (χ1v) is 13.1. The van der Waals surface area contributed by atoms with Crippen molar-refractivity contribution in [2.45, 2.75) is 25.8 Å². The molecule has 38 heavy (non-hydrogen) atoms. The Labute approximate surface area is 221 Å². The van der Waals surface area contributed by atoms with E-state index in [2.05, 4.69) is 14.9 Å². The zero-order chi connectivity index (χ0) is 26.5. The molecule has 3 aliphatic heterocycles. The fourth-order valence-corrected chi connectivity index (χ4v) is 4.87. The Morgan fingerprint density at radius 1 is 1.05 bits per heavy atom. The van der Waals surface area contributed by atoms with Crippen molar-refractivity contribution in [2.75, 3.05) is 75.6 Å². The van der Waals surface area contributed by atoms with Gasteiger partial charge in [0.2, 0.25) is 11.8 Å². The lowest BCUT2D eigenvalue weighted by molar-refractivity contribution is 0.0319. The van der Waals surface area contributed by atoms with Gasteiger partial charge >= 0.3 is 12.0 Å². The Bertz CT molecular complexity index is 1150. The molecule has 12 heteroatoms. The standard InChI is InChI=1S/C26H34N6O6/c1-18-2-3-19-4-5-20(16-22(19)32(18)25(27)34)38-24(33)21-17-23(37-15-8-30-6-11-35-12-7-30)29-26(28-21)31-9-13-36-14-10-31/h4-5,16-18H,2-3,6-15H2,1H3,(H2,27,34). The fourth-order valence-electron chi connectivity index (χ4n) is 4.87. The molecule has 0 aliphatic carbocycles. The molecule has 1 aromatic carbocycles. The van der Waals surface area contributed by atoms with Gasteiger partial charge in [-0.1, -0.05) is 6.07 Å². The van der Waals surface area contributed by atoms with Gasteiger partial charge in [0.15, 0.2) is 5.69 Å². The lowest BCUT2D eigenvalue weighted by Crippen LogP contribution is -2.45. The number of carbonyl (C=O) groups is 2. The number of morpholine rings is 2. The molecule has 0 spiro atoms. The summed E-state index contributed by atoms with van der Waals surface area (Å²) in [5, 5.41) is 0. The molecule has 2 N–H and O–H groups in total. The van der Waals surface area contributed by atoms with E-state index in [0.717, 1.165) is 38.0 Å². The van der Waals surface area contributed by atoms with Crippen LogP contribution in [0.15, 0.2) is 24.3 Å². The summed E-state index contributed by atoms with van der Waals surface area (Å²) in [6.07, 6.45) is 1.63. The number of carbonyl (C=O) groups excluding carboxylic acids is 2. The van der Waals surface area contributed by atoms with Gasteiger partial charge in [0.1, 0.15) is 12.4 Å². The molecule has 204 valence electrons. The molecule has 1 unspecified atom stereocenters. The Hall–Kier alpha value is -3.48. The molecule has 3 aliphatic rings. The number of hydrogen-bond acceptors (Lipinski definition) is 10. The molecule has 0 bridgehead atoms. The van der Waals surface area contributed by atoms with Crippen LogP contribution in [-0.4, -0.2) is 98.7 Å². The number of anilines is 2. The summed E-state index contributed by atoms with van der Waals surface area (Å²) in [5.74, 6) is 0.356. The highest BCUT2D eigenvalue weighted by Crippen LogP contribution is 2.34. The zero-order valence-electron chi connectivity index (χ0n) is 21.6. The van der Waals surface area contributed by atoms with E-state index in [1.807, 2.05) is 17.9 Å². The van der Waals surface area contributed by atoms with Crippen molar-refractivity contribution >= 4 is 23.6 Å². The number of benzene rings is 1. The number of rotatable bonds is 7. The summed E-state index contributed by atoms with van der Waals surface area (Å²) in [5.41, 5.74) is 7.35. The Morgan fingerprint density at radius 2 is 1.79 bits per heavy atom. The van der Waals surface area contributed by atoms with Gasteiger partial charge < -0.3 is 29.6 Å². The van der Waals surface area contributed by atoms with Crippen LogP contribution in [0.2, 0.25) is 0 Å². The smallest absolute Gasteiger partial charge is 0.362 e. The molecule has 0 saturated carbocycles. The topological polar surface area (TPSA) is 133 Å². The van der Waals surface area contributed by atoms with Gasteiger partial charge in [0.05, 0.1) is 32.1 Å². The summed E-state index contributed by atoms with van der Waals surface area (Å²) in [4.78, 5) is 40.1. The summed E-state index contributed by atoms with van der Waals surface area (Å²) in [7, 11) is 0. The Balaban J connectivity index is 1.34.